The Balaban J connectivity index is 1.89. The largest absolute Gasteiger partial charge is 0.481 e. The van der Waals surface area contributed by atoms with E-state index >= 15 is 0 Å². The number of nitrogens with one attached hydrogen (secondary N) is 1. The summed E-state index contributed by atoms with van der Waals surface area (Å²) in [6.45, 7) is 4.21. The van der Waals surface area contributed by atoms with Crippen molar-refractivity contribution in [2.45, 2.75) is 57.8 Å². The number of benzene rings is 2. The average molecular weight is 560 g/mol. The Hall–Kier alpha value is -4.34. The highest BCUT2D eigenvalue weighted by Crippen LogP contribution is 2.42. The van der Waals surface area contributed by atoms with Crippen molar-refractivity contribution < 1.29 is 29.3 Å². The number of aliphatic hydroxyl groups is 2. The van der Waals surface area contributed by atoms with Gasteiger partial charge in [-0.2, -0.15) is 0 Å². The van der Waals surface area contributed by atoms with Crippen molar-refractivity contribution >= 4 is 17.7 Å². The highest BCUT2D eigenvalue weighted by atomic mass is 19.1. The Labute approximate surface area is 238 Å². The second-order valence-electron chi connectivity index (χ2n) is 10.3. The molecule has 0 aliphatic rings. The highest BCUT2D eigenvalue weighted by Gasteiger charge is 2.31. The van der Waals surface area contributed by atoms with E-state index in [1.54, 1.807) is 36.5 Å². The molecule has 0 fully saturated rings. The molecule has 4 aromatic rings. The summed E-state index contributed by atoms with van der Waals surface area (Å²) < 4.78 is 16.0. The van der Waals surface area contributed by atoms with Gasteiger partial charge in [-0.1, -0.05) is 50.2 Å². The van der Waals surface area contributed by atoms with Crippen LogP contribution < -0.4 is 5.32 Å². The van der Waals surface area contributed by atoms with Crippen molar-refractivity contribution in [3.63, 3.8) is 0 Å². The molecule has 41 heavy (non-hydrogen) atoms. The Morgan fingerprint density at radius 2 is 1.61 bits per heavy atom. The van der Waals surface area contributed by atoms with E-state index in [2.05, 4.69) is 10.3 Å². The van der Waals surface area contributed by atoms with Gasteiger partial charge >= 0.3 is 5.97 Å². The fourth-order valence-corrected chi connectivity index (χ4v) is 5.10. The predicted octanol–water partition coefficient (Wildman–Crippen LogP) is 5.71. The number of nitrogens with zero attached hydrogens (tertiary/aromatic N) is 2. The van der Waals surface area contributed by atoms with Crippen LogP contribution in [0.15, 0.2) is 79.0 Å². The molecule has 2 aromatic carbocycles. The van der Waals surface area contributed by atoms with Crippen molar-refractivity contribution in [3.8, 4) is 22.4 Å². The summed E-state index contributed by atoms with van der Waals surface area (Å²) in [4.78, 5) is 29.2. The number of aliphatic hydroxyl groups excluding tert-OH is 2. The number of anilines is 1. The van der Waals surface area contributed by atoms with Crippen LogP contribution in [0.4, 0.5) is 10.2 Å². The van der Waals surface area contributed by atoms with Crippen LogP contribution in [0.1, 0.15) is 55.1 Å². The molecule has 0 aliphatic heterocycles. The number of carbonyl (C=O) groups excluding carboxylic acids is 1. The summed E-state index contributed by atoms with van der Waals surface area (Å²) >= 11 is 0. The Bertz CT molecular complexity index is 1470. The number of pyridine rings is 1. The maximum absolute atomic E-state index is 14.0. The van der Waals surface area contributed by atoms with Crippen LogP contribution in [0.3, 0.4) is 0 Å². The molecule has 2 aromatic heterocycles. The molecule has 2 heterocycles. The molecule has 0 aliphatic carbocycles. The van der Waals surface area contributed by atoms with Crippen molar-refractivity contribution in [1.29, 1.82) is 0 Å². The number of halogens is 1. The summed E-state index contributed by atoms with van der Waals surface area (Å²) in [7, 11) is 0. The van der Waals surface area contributed by atoms with Gasteiger partial charge < -0.3 is 25.2 Å². The SMILES string of the molecule is CC(C)c1c(C(=O)Nc2ccccn2)c(-c2ccccc2)c(-c2ccc(F)cc2)n1CC[C@@H](O)C[C@@H](O)CC(=O)O. The number of carbonyl (C=O) groups is 2. The molecule has 9 heteroatoms. The fraction of sp³-hybridized carbons (Fsp3) is 0.281. The standard InChI is InChI=1S/C32H34FN3O5/c1-20(2)30-29(32(41)35-26-10-6-7-16-34-26)28(21-8-4-3-5-9-21)31(22-11-13-23(33)14-12-22)36(30)17-15-24(37)18-25(38)19-27(39)40/h3-14,16,20,24-25,37-38H,15,17-19H2,1-2H3,(H,39,40)(H,34,35,41)/t24-,25-/m1/s1. The molecular weight excluding hydrogens is 525 g/mol. The van der Waals surface area contributed by atoms with E-state index in [4.69, 9.17) is 5.11 Å². The number of hydrogen-bond donors (Lipinski definition) is 4. The number of amides is 1. The first-order valence-corrected chi connectivity index (χ1v) is 13.5. The monoisotopic (exact) mass is 559 g/mol. The van der Waals surface area contributed by atoms with Crippen molar-refractivity contribution in [1.82, 2.24) is 9.55 Å². The molecule has 0 bridgehead atoms. The average Bonchev–Trinajstić information content (AvgIpc) is 3.28. The van der Waals surface area contributed by atoms with Crippen LogP contribution in [0, 0.1) is 5.82 Å². The van der Waals surface area contributed by atoms with Crippen LogP contribution in [0.2, 0.25) is 0 Å². The number of rotatable bonds is 12. The summed E-state index contributed by atoms with van der Waals surface area (Å²) in [6, 6.07) is 20.7. The molecule has 214 valence electrons. The molecular formula is C32H34FN3O5. The lowest BCUT2D eigenvalue weighted by Gasteiger charge is -2.20. The second kappa shape index (κ2) is 13.3. The zero-order chi connectivity index (χ0) is 29.5. The van der Waals surface area contributed by atoms with E-state index in [-0.39, 0.29) is 31.2 Å². The minimum Gasteiger partial charge on any atom is -0.481 e. The van der Waals surface area contributed by atoms with E-state index in [9.17, 15) is 24.2 Å². The molecule has 0 saturated heterocycles. The van der Waals surface area contributed by atoms with E-state index < -0.39 is 30.4 Å². The Kier molecular flexibility index (Phi) is 9.65. The van der Waals surface area contributed by atoms with Crippen molar-refractivity contribution in [2.75, 3.05) is 5.32 Å². The van der Waals surface area contributed by atoms with Gasteiger partial charge in [-0.15, -0.1) is 0 Å². The minimum atomic E-state index is -1.19. The molecule has 8 nitrogen and oxygen atoms in total. The molecule has 4 rings (SSSR count). The van der Waals surface area contributed by atoms with E-state index in [0.717, 1.165) is 11.3 Å². The van der Waals surface area contributed by atoms with Gasteiger partial charge in [0.2, 0.25) is 0 Å². The zero-order valence-corrected chi connectivity index (χ0v) is 23.0. The Morgan fingerprint density at radius 3 is 2.22 bits per heavy atom. The second-order valence-corrected chi connectivity index (χ2v) is 10.3. The van der Waals surface area contributed by atoms with Crippen molar-refractivity contribution in [3.05, 3.63) is 96.1 Å². The maximum atomic E-state index is 14.0. The smallest absolute Gasteiger partial charge is 0.305 e. The van der Waals surface area contributed by atoms with Gasteiger partial charge in [-0.25, -0.2) is 9.37 Å². The van der Waals surface area contributed by atoms with Crippen LogP contribution in [0.5, 0.6) is 0 Å². The molecule has 2 atom stereocenters. The van der Waals surface area contributed by atoms with Crippen molar-refractivity contribution in [2.24, 2.45) is 0 Å². The molecule has 1 amide bonds. The lowest BCUT2D eigenvalue weighted by molar-refractivity contribution is -0.139. The van der Waals surface area contributed by atoms with Crippen LogP contribution >= 0.6 is 0 Å². The normalized spacial score (nSPS) is 12.7. The molecule has 4 N–H and O–H groups in total. The van der Waals surface area contributed by atoms with Crippen LogP contribution in [-0.4, -0.2) is 49.0 Å². The predicted molar refractivity (Wildman–Crippen MR) is 155 cm³/mol. The number of aliphatic carboxylic acids is 1. The van der Waals surface area contributed by atoms with E-state index in [0.29, 0.717) is 28.2 Å². The number of carboxylic acids is 1. The van der Waals surface area contributed by atoms with Crippen LogP contribution in [-0.2, 0) is 11.3 Å². The van der Waals surface area contributed by atoms with E-state index in [1.807, 2.05) is 48.7 Å². The van der Waals surface area contributed by atoms with Gasteiger partial charge in [0.25, 0.3) is 5.91 Å². The quantitative estimate of drug-likeness (QED) is 0.176. The number of aromatic nitrogens is 2. The maximum Gasteiger partial charge on any atom is 0.305 e. The highest BCUT2D eigenvalue weighted by molar-refractivity contribution is 6.12. The van der Waals surface area contributed by atoms with E-state index in [1.165, 1.54) is 12.1 Å². The molecule has 0 radical (unpaired) electrons. The van der Waals surface area contributed by atoms with Gasteiger partial charge in [0.15, 0.2) is 0 Å². The molecule has 0 spiro atoms. The van der Waals surface area contributed by atoms with Gasteiger partial charge in [0.05, 0.1) is 29.9 Å². The van der Waals surface area contributed by atoms with Gasteiger partial charge in [0, 0.05) is 24.0 Å². The van der Waals surface area contributed by atoms with Gasteiger partial charge in [-0.05, 0) is 66.3 Å². The lowest BCUT2D eigenvalue weighted by atomic mass is 9.94. The topological polar surface area (TPSA) is 125 Å². The number of carboxylic acid groups (broad SMARTS) is 1. The van der Waals surface area contributed by atoms with Gasteiger partial charge in [0.1, 0.15) is 11.6 Å². The summed E-state index contributed by atoms with van der Waals surface area (Å²) in [5.41, 5.74) is 3.98. The third-order valence-electron chi connectivity index (χ3n) is 6.80. The summed E-state index contributed by atoms with van der Waals surface area (Å²) in [6.07, 6.45) is -0.961. The summed E-state index contributed by atoms with van der Waals surface area (Å²) in [5.74, 6) is -1.64. The zero-order valence-electron chi connectivity index (χ0n) is 23.0. The first kappa shape index (κ1) is 29.6. The lowest BCUT2D eigenvalue weighted by Crippen LogP contribution is -2.22. The first-order chi connectivity index (χ1) is 19.7. The van der Waals surface area contributed by atoms with Gasteiger partial charge in [-0.3, -0.25) is 9.59 Å². The molecule has 0 unspecified atom stereocenters. The summed E-state index contributed by atoms with van der Waals surface area (Å²) in [5, 5.41) is 32.7. The Morgan fingerprint density at radius 1 is 0.927 bits per heavy atom. The minimum absolute atomic E-state index is 0.102. The number of hydrogen-bond acceptors (Lipinski definition) is 5. The third kappa shape index (κ3) is 7.25. The third-order valence-corrected chi connectivity index (χ3v) is 6.80. The first-order valence-electron chi connectivity index (χ1n) is 13.5. The fourth-order valence-electron chi connectivity index (χ4n) is 5.10. The van der Waals surface area contributed by atoms with Crippen LogP contribution in [0.25, 0.3) is 22.4 Å². The molecule has 0 saturated carbocycles.